The molecule has 0 unspecified atom stereocenters. The lowest BCUT2D eigenvalue weighted by Gasteiger charge is -2.41. The second-order valence-electron chi connectivity index (χ2n) is 4.44. The Balaban J connectivity index is 0. The van der Waals surface area contributed by atoms with Crippen LogP contribution < -0.4 is 0 Å². The third-order valence-electron chi connectivity index (χ3n) is 2.68. The molecule has 0 aromatic heterocycles. The molecule has 0 saturated carbocycles. The van der Waals surface area contributed by atoms with Gasteiger partial charge >= 0.3 is 47.9 Å². The fourth-order valence-electron chi connectivity index (χ4n) is 1.14. The Morgan fingerprint density at radius 2 is 0.333 bits per heavy atom. The molecule has 19 heteroatoms. The van der Waals surface area contributed by atoms with E-state index < -0.39 is 47.9 Å². The van der Waals surface area contributed by atoms with Crippen LogP contribution in [0.4, 0.5) is 79.0 Å². The molecule has 0 aliphatic heterocycles. The molecule has 166 valence electrons. The van der Waals surface area contributed by atoms with Crippen LogP contribution in [-0.4, -0.2) is 47.9 Å². The molecular formula is C8HF18I. The van der Waals surface area contributed by atoms with Gasteiger partial charge in [-0.25, -0.2) is 0 Å². The fraction of sp³-hybridized carbons (Fsp3) is 1.00. The Morgan fingerprint density at radius 3 is 0.444 bits per heavy atom. The standard InChI is InChI=1S/C8F18.HI/c9-1(10,3(13,14)5(17,18)7(21,22)23)2(11,12)4(15,16)6(19,20)8(24,25)26;/h;1H. The maximum absolute atomic E-state index is 12.8. The number of alkyl halides is 18. The highest BCUT2D eigenvalue weighted by Gasteiger charge is 2.95. The van der Waals surface area contributed by atoms with Gasteiger partial charge in [0.25, 0.3) is 0 Å². The molecule has 0 aromatic carbocycles. The maximum atomic E-state index is 12.8. The van der Waals surface area contributed by atoms with Crippen molar-refractivity contribution in [3.63, 3.8) is 0 Å². The average Bonchev–Trinajstić information content (AvgIpc) is 2.34. The lowest BCUT2D eigenvalue weighted by Crippen LogP contribution is -2.74. The van der Waals surface area contributed by atoms with Gasteiger partial charge in [-0.2, -0.15) is 79.0 Å². The number of halogens is 19. The van der Waals surface area contributed by atoms with Crippen LogP contribution in [0.5, 0.6) is 0 Å². The van der Waals surface area contributed by atoms with Crippen molar-refractivity contribution in [2.24, 2.45) is 0 Å². The molecule has 0 nitrogen and oxygen atoms in total. The molecule has 0 fully saturated rings. The molecule has 0 rings (SSSR count). The first-order valence-electron chi connectivity index (χ1n) is 5.15. The Kier molecular flexibility index (Phi) is 7.19. The van der Waals surface area contributed by atoms with E-state index in [9.17, 15) is 79.0 Å². The van der Waals surface area contributed by atoms with Crippen LogP contribution >= 0.6 is 24.0 Å². The highest BCUT2D eigenvalue weighted by atomic mass is 127. The zero-order valence-electron chi connectivity index (χ0n) is 11.2. The molecular weight excluding hydrogens is 565 g/mol. The van der Waals surface area contributed by atoms with Gasteiger partial charge in [0.1, 0.15) is 0 Å². The van der Waals surface area contributed by atoms with Crippen molar-refractivity contribution >= 4 is 24.0 Å². The monoisotopic (exact) mass is 566 g/mol. The summed E-state index contributed by atoms with van der Waals surface area (Å²) in [5.74, 6) is -51.0. The lowest BCUT2D eigenvalue weighted by molar-refractivity contribution is -0.468. The quantitative estimate of drug-likeness (QED) is 0.262. The summed E-state index contributed by atoms with van der Waals surface area (Å²) in [6, 6.07) is 0. The van der Waals surface area contributed by atoms with Gasteiger partial charge in [0, 0.05) is 0 Å². The van der Waals surface area contributed by atoms with Crippen molar-refractivity contribution < 1.29 is 79.0 Å². The largest absolute Gasteiger partial charge is 0.460 e. The van der Waals surface area contributed by atoms with Crippen molar-refractivity contribution in [3.05, 3.63) is 0 Å². The van der Waals surface area contributed by atoms with Crippen LogP contribution in [0.1, 0.15) is 0 Å². The average molecular weight is 566 g/mol. The normalized spacial score (nSPS) is 16.2. The molecule has 0 atom stereocenters. The van der Waals surface area contributed by atoms with Crippen LogP contribution in [0.2, 0.25) is 0 Å². The zero-order chi connectivity index (χ0) is 22.0. The van der Waals surface area contributed by atoms with Crippen molar-refractivity contribution in [1.82, 2.24) is 0 Å². The van der Waals surface area contributed by atoms with Crippen molar-refractivity contribution in [2.75, 3.05) is 0 Å². The number of hydrogen-bond donors (Lipinski definition) is 0. The molecule has 0 spiro atoms. The van der Waals surface area contributed by atoms with E-state index >= 15 is 0 Å². The minimum absolute atomic E-state index is 0. The molecule has 0 amide bonds. The maximum Gasteiger partial charge on any atom is 0.460 e. The Hall–Kier alpha value is -0.530. The first-order chi connectivity index (χ1) is 10.8. The van der Waals surface area contributed by atoms with Crippen LogP contribution in [0.25, 0.3) is 0 Å². The molecule has 0 heterocycles. The molecule has 0 radical (unpaired) electrons. The van der Waals surface area contributed by atoms with E-state index in [1.807, 2.05) is 0 Å². The van der Waals surface area contributed by atoms with E-state index in [1.165, 1.54) is 0 Å². The summed E-state index contributed by atoms with van der Waals surface area (Å²) in [6.45, 7) is 0. The third-order valence-corrected chi connectivity index (χ3v) is 2.68. The van der Waals surface area contributed by atoms with E-state index in [1.54, 1.807) is 0 Å². The molecule has 0 N–H and O–H groups in total. The van der Waals surface area contributed by atoms with Gasteiger partial charge in [0.05, 0.1) is 0 Å². The summed E-state index contributed by atoms with van der Waals surface area (Å²) in [7, 11) is 0. The van der Waals surface area contributed by atoms with E-state index in [2.05, 4.69) is 0 Å². The van der Waals surface area contributed by atoms with E-state index in [4.69, 9.17) is 0 Å². The number of rotatable bonds is 5. The van der Waals surface area contributed by atoms with E-state index in [0.29, 0.717) is 0 Å². The van der Waals surface area contributed by atoms with Gasteiger partial charge in [0.2, 0.25) is 0 Å². The minimum Gasteiger partial charge on any atom is -0.192 e. The highest BCUT2D eigenvalue weighted by molar-refractivity contribution is 14.0. The van der Waals surface area contributed by atoms with E-state index in [-0.39, 0.29) is 24.0 Å². The summed E-state index contributed by atoms with van der Waals surface area (Å²) in [6.07, 6.45) is -15.6. The molecule has 0 bridgehead atoms. The first-order valence-corrected chi connectivity index (χ1v) is 5.15. The van der Waals surface area contributed by atoms with Crippen LogP contribution in [-0.2, 0) is 0 Å². The number of hydrogen-bond acceptors (Lipinski definition) is 0. The first kappa shape index (κ1) is 28.7. The summed E-state index contributed by atoms with van der Waals surface area (Å²) in [4.78, 5) is 0. The molecule has 0 aromatic rings. The second kappa shape index (κ2) is 6.77. The predicted molar refractivity (Wildman–Crippen MR) is 57.2 cm³/mol. The summed E-state index contributed by atoms with van der Waals surface area (Å²) in [5, 5.41) is 0. The fourth-order valence-corrected chi connectivity index (χ4v) is 1.14. The van der Waals surface area contributed by atoms with Gasteiger partial charge in [-0.3, -0.25) is 0 Å². The smallest absolute Gasteiger partial charge is 0.192 e. The SMILES string of the molecule is FC(F)(F)C(F)(F)C(F)(F)C(F)(F)C(F)(F)C(F)(F)C(F)(F)C(F)(F)F.I. The van der Waals surface area contributed by atoms with Crippen LogP contribution in [0, 0.1) is 0 Å². The van der Waals surface area contributed by atoms with Crippen molar-refractivity contribution in [2.45, 2.75) is 47.9 Å². The van der Waals surface area contributed by atoms with Crippen LogP contribution in [0.3, 0.4) is 0 Å². The summed E-state index contributed by atoms with van der Waals surface area (Å²) >= 11 is 0. The van der Waals surface area contributed by atoms with Gasteiger partial charge in [0.15, 0.2) is 0 Å². The van der Waals surface area contributed by atoms with Gasteiger partial charge in [-0.05, 0) is 0 Å². The lowest BCUT2D eigenvalue weighted by atomic mass is 9.91. The van der Waals surface area contributed by atoms with Crippen molar-refractivity contribution in [1.29, 1.82) is 0 Å². The van der Waals surface area contributed by atoms with Gasteiger partial charge < -0.3 is 0 Å². The van der Waals surface area contributed by atoms with Crippen LogP contribution in [0.15, 0.2) is 0 Å². The molecule has 0 aliphatic rings. The zero-order valence-corrected chi connectivity index (χ0v) is 13.5. The Bertz CT molecular complexity index is 474. The third kappa shape index (κ3) is 3.60. The Morgan fingerprint density at radius 1 is 0.222 bits per heavy atom. The minimum atomic E-state index is -8.72. The summed E-state index contributed by atoms with van der Waals surface area (Å²) < 4.78 is 221. The molecule has 0 saturated heterocycles. The predicted octanol–water partition coefficient (Wildman–Crippen LogP) is 6.54. The van der Waals surface area contributed by atoms with E-state index in [0.717, 1.165) is 0 Å². The highest BCUT2D eigenvalue weighted by Crippen LogP contribution is 2.63. The van der Waals surface area contributed by atoms with Gasteiger partial charge in [-0.1, -0.05) is 0 Å². The molecule has 27 heavy (non-hydrogen) atoms. The summed E-state index contributed by atoms with van der Waals surface area (Å²) in [5.41, 5.74) is 0. The molecule has 0 aliphatic carbocycles. The second-order valence-corrected chi connectivity index (χ2v) is 4.44. The van der Waals surface area contributed by atoms with Crippen molar-refractivity contribution in [3.8, 4) is 0 Å². The Labute approximate surface area is 151 Å². The van der Waals surface area contributed by atoms with Gasteiger partial charge in [-0.15, -0.1) is 24.0 Å². The topological polar surface area (TPSA) is 0 Å².